The summed E-state index contributed by atoms with van der Waals surface area (Å²) in [7, 11) is 0. The van der Waals surface area contributed by atoms with E-state index in [-0.39, 0.29) is 5.54 Å². The first-order chi connectivity index (χ1) is 4.58. The summed E-state index contributed by atoms with van der Waals surface area (Å²) in [4.78, 5) is 0. The van der Waals surface area contributed by atoms with Gasteiger partial charge in [0.2, 0.25) is 0 Å². The molecule has 60 valence electrons. The van der Waals surface area contributed by atoms with Gasteiger partial charge >= 0.3 is 0 Å². The van der Waals surface area contributed by atoms with Crippen LogP contribution in [0.15, 0.2) is 0 Å². The maximum absolute atomic E-state index is 6.04. The second-order valence-electron chi connectivity index (χ2n) is 3.98. The van der Waals surface area contributed by atoms with Crippen molar-refractivity contribution in [1.29, 1.82) is 0 Å². The molecular formula is C9H19N. The van der Waals surface area contributed by atoms with E-state index in [1.54, 1.807) is 0 Å². The average molecular weight is 141 g/mol. The molecule has 1 saturated carbocycles. The molecule has 1 fully saturated rings. The fourth-order valence-electron chi connectivity index (χ4n) is 2.22. The van der Waals surface area contributed by atoms with Crippen molar-refractivity contribution in [2.75, 3.05) is 0 Å². The molecule has 0 bridgehead atoms. The number of nitrogens with two attached hydrogens (primary N) is 1. The summed E-state index contributed by atoms with van der Waals surface area (Å²) in [6.07, 6.45) is 5.09. The molecule has 0 aromatic rings. The van der Waals surface area contributed by atoms with E-state index in [4.69, 9.17) is 5.73 Å². The van der Waals surface area contributed by atoms with Crippen molar-refractivity contribution in [3.8, 4) is 0 Å². The van der Waals surface area contributed by atoms with Crippen LogP contribution in [0.4, 0.5) is 0 Å². The van der Waals surface area contributed by atoms with Crippen LogP contribution in [0.2, 0.25) is 0 Å². The largest absolute Gasteiger partial charge is 0.325 e. The number of rotatable bonds is 3. The zero-order valence-corrected chi connectivity index (χ0v) is 7.41. The summed E-state index contributed by atoms with van der Waals surface area (Å²) in [6, 6.07) is 0. The Labute approximate surface area is 64.0 Å². The third-order valence-electron chi connectivity index (χ3n) is 3.20. The lowest BCUT2D eigenvalue weighted by molar-refractivity contribution is 0.381. The standard InChI is InChI=1S/C9H19N/c1-4-6-9(5-2)7-8(9,3)10/h4-7,10H2,1-3H3. The Kier molecular flexibility index (Phi) is 1.80. The van der Waals surface area contributed by atoms with Crippen molar-refractivity contribution in [3.05, 3.63) is 0 Å². The zero-order valence-electron chi connectivity index (χ0n) is 7.41. The molecule has 0 aromatic carbocycles. The van der Waals surface area contributed by atoms with Gasteiger partial charge in [-0.15, -0.1) is 0 Å². The second kappa shape index (κ2) is 2.23. The predicted octanol–water partition coefficient (Wildman–Crippen LogP) is 2.30. The first-order valence-electron chi connectivity index (χ1n) is 4.37. The summed E-state index contributed by atoms with van der Waals surface area (Å²) in [6.45, 7) is 6.69. The molecule has 0 amide bonds. The number of hydrogen-bond acceptors (Lipinski definition) is 1. The van der Waals surface area contributed by atoms with E-state index in [1.165, 1.54) is 25.7 Å². The van der Waals surface area contributed by atoms with E-state index in [1.807, 2.05) is 0 Å². The van der Waals surface area contributed by atoms with Crippen LogP contribution in [-0.4, -0.2) is 5.54 Å². The smallest absolute Gasteiger partial charge is 0.0189 e. The lowest BCUT2D eigenvalue weighted by Gasteiger charge is -2.16. The fourth-order valence-corrected chi connectivity index (χ4v) is 2.22. The first-order valence-corrected chi connectivity index (χ1v) is 4.37. The molecule has 1 aliphatic carbocycles. The second-order valence-corrected chi connectivity index (χ2v) is 3.98. The Hall–Kier alpha value is -0.0400. The molecule has 1 nitrogen and oxygen atoms in total. The van der Waals surface area contributed by atoms with Crippen LogP contribution in [-0.2, 0) is 0 Å². The molecule has 0 spiro atoms. The topological polar surface area (TPSA) is 26.0 Å². The van der Waals surface area contributed by atoms with Gasteiger partial charge in [-0.25, -0.2) is 0 Å². The Morgan fingerprint density at radius 2 is 1.90 bits per heavy atom. The minimum absolute atomic E-state index is 0.164. The van der Waals surface area contributed by atoms with Crippen LogP contribution in [0.1, 0.15) is 46.5 Å². The quantitative estimate of drug-likeness (QED) is 0.641. The van der Waals surface area contributed by atoms with Gasteiger partial charge in [-0.2, -0.15) is 0 Å². The summed E-state index contributed by atoms with van der Waals surface area (Å²) >= 11 is 0. The fraction of sp³-hybridized carbons (Fsp3) is 1.00. The van der Waals surface area contributed by atoms with Crippen LogP contribution in [0.25, 0.3) is 0 Å². The van der Waals surface area contributed by atoms with Gasteiger partial charge in [0.1, 0.15) is 0 Å². The molecule has 2 atom stereocenters. The van der Waals surface area contributed by atoms with E-state index >= 15 is 0 Å². The zero-order chi connectivity index (χ0) is 7.83. The van der Waals surface area contributed by atoms with Crippen molar-refractivity contribution in [1.82, 2.24) is 0 Å². The van der Waals surface area contributed by atoms with Gasteiger partial charge in [-0.1, -0.05) is 20.3 Å². The van der Waals surface area contributed by atoms with Crippen LogP contribution in [0.3, 0.4) is 0 Å². The van der Waals surface area contributed by atoms with E-state index in [9.17, 15) is 0 Å². The summed E-state index contributed by atoms with van der Waals surface area (Å²) in [5.74, 6) is 0. The molecule has 1 aliphatic rings. The minimum atomic E-state index is 0.164. The van der Waals surface area contributed by atoms with Gasteiger partial charge < -0.3 is 5.73 Å². The molecule has 0 aromatic heterocycles. The third-order valence-corrected chi connectivity index (χ3v) is 3.20. The Morgan fingerprint density at radius 3 is 2.00 bits per heavy atom. The van der Waals surface area contributed by atoms with Crippen molar-refractivity contribution in [2.45, 2.75) is 52.0 Å². The highest BCUT2D eigenvalue weighted by Crippen LogP contribution is 2.59. The SMILES string of the molecule is CCCC1(CC)CC1(C)N. The van der Waals surface area contributed by atoms with Crippen molar-refractivity contribution < 1.29 is 0 Å². The first kappa shape index (κ1) is 8.06. The maximum atomic E-state index is 6.04. The Bertz CT molecular complexity index is 129. The summed E-state index contributed by atoms with van der Waals surface area (Å²) in [5, 5.41) is 0. The molecule has 1 heteroatoms. The Morgan fingerprint density at radius 1 is 1.40 bits per heavy atom. The number of hydrogen-bond donors (Lipinski definition) is 1. The highest BCUT2D eigenvalue weighted by Gasteiger charge is 2.59. The van der Waals surface area contributed by atoms with Crippen molar-refractivity contribution in [2.24, 2.45) is 11.1 Å². The van der Waals surface area contributed by atoms with Gasteiger partial charge in [0, 0.05) is 5.54 Å². The van der Waals surface area contributed by atoms with Crippen molar-refractivity contribution in [3.63, 3.8) is 0 Å². The van der Waals surface area contributed by atoms with E-state index in [0.717, 1.165) is 0 Å². The molecular weight excluding hydrogens is 122 g/mol. The van der Waals surface area contributed by atoms with E-state index in [0.29, 0.717) is 5.41 Å². The third kappa shape index (κ3) is 0.968. The van der Waals surface area contributed by atoms with Crippen LogP contribution < -0.4 is 5.73 Å². The van der Waals surface area contributed by atoms with E-state index < -0.39 is 0 Å². The average Bonchev–Trinajstić information content (AvgIpc) is 2.37. The van der Waals surface area contributed by atoms with Gasteiger partial charge in [-0.05, 0) is 31.6 Å². The predicted molar refractivity (Wildman–Crippen MR) is 44.8 cm³/mol. The molecule has 2 unspecified atom stereocenters. The highest BCUT2D eigenvalue weighted by atomic mass is 14.9. The molecule has 10 heavy (non-hydrogen) atoms. The molecule has 0 heterocycles. The normalized spacial score (nSPS) is 45.6. The monoisotopic (exact) mass is 141 g/mol. The van der Waals surface area contributed by atoms with Gasteiger partial charge in [0.15, 0.2) is 0 Å². The van der Waals surface area contributed by atoms with Gasteiger partial charge in [0.05, 0.1) is 0 Å². The molecule has 0 aliphatic heterocycles. The lowest BCUT2D eigenvalue weighted by Crippen LogP contribution is -2.26. The van der Waals surface area contributed by atoms with Gasteiger partial charge in [-0.3, -0.25) is 0 Å². The summed E-state index contributed by atoms with van der Waals surface area (Å²) in [5.41, 5.74) is 6.72. The molecule has 0 saturated heterocycles. The van der Waals surface area contributed by atoms with Gasteiger partial charge in [0.25, 0.3) is 0 Å². The van der Waals surface area contributed by atoms with Crippen LogP contribution >= 0.6 is 0 Å². The molecule has 1 rings (SSSR count). The van der Waals surface area contributed by atoms with E-state index in [2.05, 4.69) is 20.8 Å². The summed E-state index contributed by atoms with van der Waals surface area (Å²) < 4.78 is 0. The van der Waals surface area contributed by atoms with Crippen LogP contribution in [0.5, 0.6) is 0 Å². The Balaban J connectivity index is 2.50. The maximum Gasteiger partial charge on any atom is 0.0189 e. The van der Waals surface area contributed by atoms with Crippen LogP contribution in [0, 0.1) is 5.41 Å². The highest BCUT2D eigenvalue weighted by molar-refractivity contribution is 5.15. The minimum Gasteiger partial charge on any atom is -0.325 e. The molecule has 0 radical (unpaired) electrons. The molecule has 2 N–H and O–H groups in total. The lowest BCUT2D eigenvalue weighted by atomic mass is 9.92. The van der Waals surface area contributed by atoms with Crippen molar-refractivity contribution >= 4 is 0 Å².